The van der Waals surface area contributed by atoms with Crippen LogP contribution in [-0.4, -0.2) is 72.1 Å². The monoisotopic (exact) mass is 585 g/mol. The number of alkyl halides is 3. The van der Waals surface area contributed by atoms with Crippen LogP contribution >= 0.6 is 0 Å². The Balaban J connectivity index is 1.66. The molecule has 2 amide bonds. The smallest absolute Gasteiger partial charge is 0.421 e. The van der Waals surface area contributed by atoms with Crippen molar-refractivity contribution >= 4 is 34.8 Å². The van der Waals surface area contributed by atoms with E-state index in [4.69, 9.17) is 9.47 Å². The summed E-state index contributed by atoms with van der Waals surface area (Å²) in [7, 11) is 2.89. The minimum Gasteiger partial charge on any atom is -0.497 e. The first kappa shape index (κ1) is 30.1. The lowest BCUT2D eigenvalue weighted by atomic mass is 10.1. The number of carbonyl (C=O) groups excluding carboxylic acids is 2. The van der Waals surface area contributed by atoms with Gasteiger partial charge in [-0.1, -0.05) is 6.58 Å². The van der Waals surface area contributed by atoms with Gasteiger partial charge in [0.25, 0.3) is 0 Å². The molecule has 222 valence electrons. The highest BCUT2D eigenvalue weighted by Crippen LogP contribution is 2.37. The van der Waals surface area contributed by atoms with Gasteiger partial charge in [-0.25, -0.2) is 9.97 Å². The van der Waals surface area contributed by atoms with Gasteiger partial charge in [0, 0.05) is 57.9 Å². The van der Waals surface area contributed by atoms with E-state index in [0.29, 0.717) is 49.2 Å². The fraction of sp³-hybridized carbons (Fsp3) is 0.321. The molecule has 3 heterocycles. The standard InChI is InChI=1S/C28H30F3N7O4/c1-5-25(40)33-22-15-19(41-3)6-7-21(22)34-27-20(28(29,30)31)16-32-23(35-27)12-18-13-24(36-26(14-18)42-4)38-10-8-37(9-11-38)17(2)39/h5-7,13-16H,1,8-12H2,2-4H3,(H,33,40)(H,32,34,35). The first-order valence-electron chi connectivity index (χ1n) is 12.9. The number of nitrogens with one attached hydrogen (secondary N) is 2. The molecule has 2 N–H and O–H groups in total. The quantitative estimate of drug-likeness (QED) is 0.359. The van der Waals surface area contributed by atoms with Crippen molar-refractivity contribution in [2.24, 2.45) is 0 Å². The second-order valence-electron chi connectivity index (χ2n) is 9.32. The topological polar surface area (TPSA) is 122 Å². The number of halogens is 3. The molecule has 3 aromatic rings. The van der Waals surface area contributed by atoms with Gasteiger partial charge >= 0.3 is 6.18 Å². The van der Waals surface area contributed by atoms with Crippen molar-refractivity contribution in [3.05, 3.63) is 66.1 Å². The molecular formula is C28H30F3N7O4. The lowest BCUT2D eigenvalue weighted by Crippen LogP contribution is -2.48. The van der Waals surface area contributed by atoms with Crippen LogP contribution in [0.2, 0.25) is 0 Å². The highest BCUT2D eigenvalue weighted by Gasteiger charge is 2.35. The Bertz CT molecular complexity index is 1470. The van der Waals surface area contributed by atoms with Gasteiger partial charge < -0.3 is 29.9 Å². The molecule has 0 radical (unpaired) electrons. The van der Waals surface area contributed by atoms with Gasteiger partial charge in [-0.15, -0.1) is 0 Å². The highest BCUT2D eigenvalue weighted by molar-refractivity contribution is 6.01. The number of piperazine rings is 1. The number of carbonyl (C=O) groups is 2. The second-order valence-corrected chi connectivity index (χ2v) is 9.32. The third-order valence-corrected chi connectivity index (χ3v) is 6.54. The number of aromatic nitrogens is 3. The van der Waals surface area contributed by atoms with Crippen molar-refractivity contribution in [2.45, 2.75) is 19.5 Å². The third-order valence-electron chi connectivity index (χ3n) is 6.54. The van der Waals surface area contributed by atoms with Gasteiger partial charge in [-0.05, 0) is 29.8 Å². The van der Waals surface area contributed by atoms with E-state index in [1.54, 1.807) is 17.0 Å². The summed E-state index contributed by atoms with van der Waals surface area (Å²) in [6, 6.07) is 7.91. The zero-order chi connectivity index (χ0) is 30.4. The number of hydrogen-bond acceptors (Lipinski definition) is 9. The van der Waals surface area contributed by atoms with E-state index >= 15 is 0 Å². The van der Waals surface area contributed by atoms with Crippen LogP contribution in [0.3, 0.4) is 0 Å². The molecule has 1 aliphatic heterocycles. The van der Waals surface area contributed by atoms with E-state index in [1.165, 1.54) is 39.3 Å². The summed E-state index contributed by atoms with van der Waals surface area (Å²) in [5.74, 6) is 0.369. The molecule has 0 aliphatic carbocycles. The van der Waals surface area contributed by atoms with Gasteiger partial charge in [-0.2, -0.15) is 18.2 Å². The SMILES string of the molecule is C=CC(=O)Nc1cc(OC)ccc1Nc1nc(Cc2cc(OC)nc(N3CCN(C(C)=O)CC3)c2)ncc1C(F)(F)F. The van der Waals surface area contributed by atoms with Crippen molar-refractivity contribution in [2.75, 3.05) is 55.9 Å². The average molecular weight is 586 g/mol. The number of amides is 2. The molecule has 0 spiro atoms. The second kappa shape index (κ2) is 12.7. The number of ether oxygens (including phenoxy) is 2. The largest absolute Gasteiger partial charge is 0.497 e. The lowest BCUT2D eigenvalue weighted by Gasteiger charge is -2.35. The van der Waals surface area contributed by atoms with Crippen LogP contribution in [0.15, 0.2) is 49.2 Å². The van der Waals surface area contributed by atoms with Crippen LogP contribution in [0, 0.1) is 0 Å². The van der Waals surface area contributed by atoms with E-state index in [2.05, 4.69) is 32.2 Å². The first-order chi connectivity index (χ1) is 20.0. The van der Waals surface area contributed by atoms with Crippen LogP contribution in [0.1, 0.15) is 23.9 Å². The van der Waals surface area contributed by atoms with Gasteiger partial charge in [-0.3, -0.25) is 9.59 Å². The molecule has 42 heavy (non-hydrogen) atoms. The molecule has 1 saturated heterocycles. The Kier molecular flexibility index (Phi) is 9.13. The van der Waals surface area contributed by atoms with Crippen molar-refractivity contribution in [1.29, 1.82) is 0 Å². The predicted molar refractivity (Wildman–Crippen MR) is 150 cm³/mol. The minimum absolute atomic E-state index is 0.00246. The zero-order valence-electron chi connectivity index (χ0n) is 23.3. The molecule has 0 bridgehead atoms. The lowest BCUT2D eigenvalue weighted by molar-refractivity contribution is -0.137. The molecule has 0 atom stereocenters. The molecule has 0 saturated carbocycles. The van der Waals surface area contributed by atoms with Crippen LogP contribution in [0.4, 0.5) is 36.2 Å². The molecule has 0 unspecified atom stereocenters. The minimum atomic E-state index is -4.76. The maximum Gasteiger partial charge on any atom is 0.421 e. The normalized spacial score (nSPS) is 13.4. The molecule has 1 fully saturated rings. The Labute approximate surface area is 240 Å². The van der Waals surface area contributed by atoms with E-state index in [9.17, 15) is 22.8 Å². The van der Waals surface area contributed by atoms with Gasteiger partial charge in [0.1, 0.15) is 28.8 Å². The van der Waals surface area contributed by atoms with Crippen molar-refractivity contribution in [3.8, 4) is 11.6 Å². The molecule has 1 aromatic carbocycles. The Hall–Kier alpha value is -4.88. The fourth-order valence-corrected chi connectivity index (χ4v) is 4.33. The fourth-order valence-electron chi connectivity index (χ4n) is 4.33. The number of rotatable bonds is 9. The van der Waals surface area contributed by atoms with E-state index in [1.807, 2.05) is 4.90 Å². The number of benzene rings is 1. The number of anilines is 4. The van der Waals surface area contributed by atoms with Crippen LogP contribution < -0.4 is 25.0 Å². The zero-order valence-corrected chi connectivity index (χ0v) is 23.3. The highest BCUT2D eigenvalue weighted by atomic mass is 19.4. The molecule has 14 heteroatoms. The number of hydrogen-bond donors (Lipinski definition) is 2. The average Bonchev–Trinajstić information content (AvgIpc) is 2.97. The Morgan fingerprint density at radius 3 is 2.40 bits per heavy atom. The van der Waals surface area contributed by atoms with Crippen LogP contribution in [0.5, 0.6) is 11.6 Å². The summed E-state index contributed by atoms with van der Waals surface area (Å²) in [6.07, 6.45) is -2.92. The van der Waals surface area contributed by atoms with E-state index in [0.717, 1.165) is 12.3 Å². The third kappa shape index (κ3) is 7.25. The van der Waals surface area contributed by atoms with Crippen molar-refractivity contribution in [3.63, 3.8) is 0 Å². The number of nitrogens with zero attached hydrogens (tertiary/aromatic N) is 5. The summed E-state index contributed by atoms with van der Waals surface area (Å²) in [6.45, 7) is 7.15. The predicted octanol–water partition coefficient (Wildman–Crippen LogP) is 4.04. The van der Waals surface area contributed by atoms with Crippen LogP contribution in [-0.2, 0) is 22.2 Å². The number of methoxy groups -OCH3 is 2. The summed E-state index contributed by atoms with van der Waals surface area (Å²) < 4.78 is 52.4. The Morgan fingerprint density at radius 2 is 1.79 bits per heavy atom. The maximum absolute atomic E-state index is 14.0. The molecule has 11 nitrogen and oxygen atoms in total. The summed E-state index contributed by atoms with van der Waals surface area (Å²) >= 11 is 0. The van der Waals surface area contributed by atoms with Gasteiger partial charge in [0.15, 0.2) is 0 Å². The number of pyridine rings is 1. The Morgan fingerprint density at radius 1 is 1.05 bits per heavy atom. The van der Waals surface area contributed by atoms with E-state index in [-0.39, 0.29) is 29.5 Å². The van der Waals surface area contributed by atoms with Gasteiger partial charge in [0.05, 0.1) is 25.6 Å². The summed E-state index contributed by atoms with van der Waals surface area (Å²) in [5, 5.41) is 5.26. The summed E-state index contributed by atoms with van der Waals surface area (Å²) in [4.78, 5) is 40.1. The first-order valence-corrected chi connectivity index (χ1v) is 12.9. The van der Waals surface area contributed by atoms with E-state index < -0.39 is 23.5 Å². The molecule has 4 rings (SSSR count). The molecule has 2 aromatic heterocycles. The van der Waals surface area contributed by atoms with Crippen LogP contribution in [0.25, 0.3) is 0 Å². The van der Waals surface area contributed by atoms with Crippen molar-refractivity contribution < 1.29 is 32.2 Å². The van der Waals surface area contributed by atoms with Crippen molar-refractivity contribution in [1.82, 2.24) is 19.9 Å². The summed E-state index contributed by atoms with van der Waals surface area (Å²) in [5.41, 5.74) is -0.0982. The molecule has 1 aliphatic rings. The molecular weight excluding hydrogens is 555 g/mol. The maximum atomic E-state index is 14.0. The van der Waals surface area contributed by atoms with Gasteiger partial charge in [0.2, 0.25) is 17.7 Å².